The average molecular weight is 279 g/mol. The first-order valence-corrected chi connectivity index (χ1v) is 8.29. The van der Waals surface area contributed by atoms with Gasteiger partial charge in [-0.25, -0.2) is 0 Å². The van der Waals surface area contributed by atoms with Crippen molar-refractivity contribution in [1.82, 2.24) is 15.1 Å². The van der Waals surface area contributed by atoms with Crippen molar-refractivity contribution in [1.29, 1.82) is 0 Å². The quantitative estimate of drug-likeness (QED) is 0.695. The Morgan fingerprint density at radius 1 is 1.35 bits per heavy atom. The van der Waals surface area contributed by atoms with Gasteiger partial charge in [0.15, 0.2) is 0 Å². The van der Waals surface area contributed by atoms with E-state index in [2.05, 4.69) is 57.0 Å². The maximum absolute atomic E-state index is 4.79. The number of aromatic nitrogens is 2. The van der Waals surface area contributed by atoms with Gasteiger partial charge in [0, 0.05) is 18.8 Å². The zero-order chi connectivity index (χ0) is 15.0. The van der Waals surface area contributed by atoms with E-state index in [0.717, 1.165) is 19.4 Å². The summed E-state index contributed by atoms with van der Waals surface area (Å²) in [6.45, 7) is 10.1. The van der Waals surface area contributed by atoms with Gasteiger partial charge in [-0.1, -0.05) is 33.6 Å². The highest BCUT2D eigenvalue weighted by atomic mass is 15.3. The molecule has 3 nitrogen and oxygen atoms in total. The van der Waals surface area contributed by atoms with Gasteiger partial charge in [-0.3, -0.25) is 4.68 Å². The molecular weight excluding hydrogens is 246 g/mol. The Labute approximate surface area is 125 Å². The topological polar surface area (TPSA) is 29.9 Å². The van der Waals surface area contributed by atoms with Crippen LogP contribution in [0.15, 0.2) is 12.3 Å². The molecule has 20 heavy (non-hydrogen) atoms. The molecular formula is C17H33N3. The highest BCUT2D eigenvalue weighted by molar-refractivity contribution is 5.04. The van der Waals surface area contributed by atoms with Gasteiger partial charge in [0.2, 0.25) is 0 Å². The maximum Gasteiger partial charge on any atom is 0.0630 e. The minimum absolute atomic E-state index is 0.361. The van der Waals surface area contributed by atoms with Crippen molar-refractivity contribution < 1.29 is 0 Å². The minimum Gasteiger partial charge on any atom is -0.319 e. The number of hydrogen-bond donors (Lipinski definition) is 1. The van der Waals surface area contributed by atoms with E-state index < -0.39 is 0 Å². The van der Waals surface area contributed by atoms with E-state index in [-0.39, 0.29) is 0 Å². The molecule has 1 heterocycles. The van der Waals surface area contributed by atoms with E-state index in [4.69, 9.17) is 5.10 Å². The Morgan fingerprint density at radius 3 is 2.65 bits per heavy atom. The van der Waals surface area contributed by atoms with E-state index in [9.17, 15) is 0 Å². The van der Waals surface area contributed by atoms with Crippen molar-refractivity contribution in [2.45, 2.75) is 72.3 Å². The molecule has 1 aromatic rings. The molecule has 0 aliphatic heterocycles. The van der Waals surface area contributed by atoms with Gasteiger partial charge in [0.05, 0.1) is 5.69 Å². The molecule has 0 aromatic carbocycles. The highest BCUT2D eigenvalue weighted by Gasteiger charge is 2.28. The molecule has 0 fully saturated rings. The minimum atomic E-state index is 0.361. The van der Waals surface area contributed by atoms with Gasteiger partial charge in [0.25, 0.3) is 0 Å². The van der Waals surface area contributed by atoms with Crippen molar-refractivity contribution in [3.05, 3.63) is 18.0 Å². The van der Waals surface area contributed by atoms with E-state index in [1.165, 1.54) is 31.4 Å². The predicted octanol–water partition coefficient (Wildman–Crippen LogP) is 4.20. The van der Waals surface area contributed by atoms with E-state index in [1.54, 1.807) is 0 Å². The lowest BCUT2D eigenvalue weighted by atomic mass is 9.76. The molecule has 1 N–H and O–H groups in total. The molecule has 2 atom stereocenters. The lowest BCUT2D eigenvalue weighted by molar-refractivity contribution is 0.231. The Kier molecular flexibility index (Phi) is 7.28. The maximum atomic E-state index is 4.79. The van der Waals surface area contributed by atoms with Crippen LogP contribution in [-0.2, 0) is 6.42 Å². The van der Waals surface area contributed by atoms with Crippen LogP contribution < -0.4 is 5.32 Å². The highest BCUT2D eigenvalue weighted by Crippen LogP contribution is 2.32. The first-order valence-electron chi connectivity index (χ1n) is 8.29. The van der Waals surface area contributed by atoms with Gasteiger partial charge in [-0.05, 0) is 51.1 Å². The second-order valence-electron chi connectivity index (χ2n) is 6.21. The summed E-state index contributed by atoms with van der Waals surface area (Å²) < 4.78 is 2.12. The third-order valence-electron chi connectivity index (χ3n) is 4.62. The molecule has 0 spiro atoms. The Bertz CT molecular complexity index is 372. The number of hydrogen-bond acceptors (Lipinski definition) is 2. The summed E-state index contributed by atoms with van der Waals surface area (Å²) in [7, 11) is 2.06. The summed E-state index contributed by atoms with van der Waals surface area (Å²) in [4.78, 5) is 0. The number of nitrogens with zero attached hydrogens (tertiary/aromatic N) is 2. The molecule has 3 heteroatoms. The first-order chi connectivity index (χ1) is 9.60. The Balaban J connectivity index is 2.80. The molecule has 2 unspecified atom stereocenters. The normalized spacial score (nSPS) is 16.1. The number of unbranched alkanes of at least 4 members (excludes halogenated alkanes) is 1. The van der Waals surface area contributed by atoms with Crippen molar-refractivity contribution in [2.24, 2.45) is 5.41 Å². The van der Waals surface area contributed by atoms with Gasteiger partial charge >= 0.3 is 0 Å². The summed E-state index contributed by atoms with van der Waals surface area (Å²) in [6.07, 6.45) is 9.44. The molecule has 116 valence electrons. The zero-order valence-corrected chi connectivity index (χ0v) is 14.1. The van der Waals surface area contributed by atoms with Crippen LogP contribution in [0.3, 0.4) is 0 Å². The SMILES string of the molecule is CCCCC(CC)(CNC)Cc1ccn(C(C)CC)n1. The lowest BCUT2D eigenvalue weighted by Gasteiger charge is -2.32. The summed E-state index contributed by atoms with van der Waals surface area (Å²) >= 11 is 0. The largest absolute Gasteiger partial charge is 0.319 e. The van der Waals surface area contributed by atoms with Crippen molar-refractivity contribution in [3.63, 3.8) is 0 Å². The van der Waals surface area contributed by atoms with Crippen LogP contribution in [0.1, 0.15) is 71.5 Å². The van der Waals surface area contributed by atoms with Crippen molar-refractivity contribution in [2.75, 3.05) is 13.6 Å². The summed E-state index contributed by atoms with van der Waals surface area (Å²) in [5, 5.41) is 8.19. The van der Waals surface area contributed by atoms with Crippen LogP contribution in [-0.4, -0.2) is 23.4 Å². The number of nitrogens with one attached hydrogen (secondary N) is 1. The van der Waals surface area contributed by atoms with Crippen LogP contribution in [0.2, 0.25) is 0 Å². The Morgan fingerprint density at radius 2 is 2.10 bits per heavy atom. The second kappa shape index (κ2) is 8.46. The Hall–Kier alpha value is -0.830. The van der Waals surface area contributed by atoms with Gasteiger partial charge in [0.1, 0.15) is 0 Å². The second-order valence-corrected chi connectivity index (χ2v) is 6.21. The van der Waals surface area contributed by atoms with Crippen molar-refractivity contribution in [3.8, 4) is 0 Å². The molecule has 0 saturated carbocycles. The average Bonchev–Trinajstić information content (AvgIpc) is 2.92. The summed E-state index contributed by atoms with van der Waals surface area (Å²) in [5.41, 5.74) is 1.61. The molecule has 1 aromatic heterocycles. The standard InChI is InChI=1S/C17H33N3/c1-6-9-11-17(8-3,14-18-5)13-16-10-12-20(19-16)15(4)7-2/h10,12,15,18H,6-9,11,13-14H2,1-5H3. The van der Waals surface area contributed by atoms with Crippen LogP contribution in [0, 0.1) is 5.41 Å². The van der Waals surface area contributed by atoms with Crippen LogP contribution in [0.4, 0.5) is 0 Å². The molecule has 0 radical (unpaired) electrons. The lowest BCUT2D eigenvalue weighted by Crippen LogP contribution is -2.34. The molecule has 0 amide bonds. The fraction of sp³-hybridized carbons (Fsp3) is 0.824. The fourth-order valence-corrected chi connectivity index (χ4v) is 2.88. The molecule has 0 bridgehead atoms. The molecule has 1 rings (SSSR count). The van der Waals surface area contributed by atoms with E-state index >= 15 is 0 Å². The fourth-order valence-electron chi connectivity index (χ4n) is 2.88. The third kappa shape index (κ3) is 4.62. The molecule has 0 aliphatic carbocycles. The van der Waals surface area contributed by atoms with Gasteiger partial charge < -0.3 is 5.32 Å². The first kappa shape index (κ1) is 17.2. The van der Waals surface area contributed by atoms with Crippen LogP contribution in [0.25, 0.3) is 0 Å². The van der Waals surface area contributed by atoms with Gasteiger partial charge in [-0.2, -0.15) is 5.10 Å². The molecule has 0 saturated heterocycles. The molecule has 0 aliphatic rings. The monoisotopic (exact) mass is 279 g/mol. The smallest absolute Gasteiger partial charge is 0.0630 e. The zero-order valence-electron chi connectivity index (χ0n) is 14.1. The summed E-state index contributed by atoms with van der Waals surface area (Å²) in [5.74, 6) is 0. The van der Waals surface area contributed by atoms with E-state index in [0.29, 0.717) is 11.5 Å². The van der Waals surface area contributed by atoms with E-state index in [1.807, 2.05) is 0 Å². The van der Waals surface area contributed by atoms with Crippen molar-refractivity contribution >= 4 is 0 Å². The third-order valence-corrected chi connectivity index (χ3v) is 4.62. The summed E-state index contributed by atoms with van der Waals surface area (Å²) in [6, 6.07) is 2.71. The number of rotatable bonds is 10. The van der Waals surface area contributed by atoms with Crippen LogP contribution >= 0.6 is 0 Å². The predicted molar refractivity (Wildman–Crippen MR) is 87.1 cm³/mol. The van der Waals surface area contributed by atoms with Crippen LogP contribution in [0.5, 0.6) is 0 Å². The van der Waals surface area contributed by atoms with Gasteiger partial charge in [-0.15, -0.1) is 0 Å².